The quantitative estimate of drug-likeness (QED) is 0.903. The van der Waals surface area contributed by atoms with Crippen LogP contribution in [-0.2, 0) is 12.8 Å². The second kappa shape index (κ2) is 7.44. The van der Waals surface area contributed by atoms with Gasteiger partial charge in [-0.05, 0) is 87.0 Å². The van der Waals surface area contributed by atoms with E-state index in [0.717, 1.165) is 37.3 Å². The van der Waals surface area contributed by atoms with Crippen LogP contribution in [0.1, 0.15) is 59.0 Å². The van der Waals surface area contributed by atoms with Crippen molar-refractivity contribution in [3.05, 3.63) is 59.0 Å². The molecule has 4 heteroatoms. The monoisotopic (exact) mass is 338 g/mol. The summed E-state index contributed by atoms with van der Waals surface area (Å²) in [4.78, 5) is 15.1. The van der Waals surface area contributed by atoms with E-state index in [1.165, 1.54) is 36.8 Å². The van der Waals surface area contributed by atoms with E-state index in [-0.39, 0.29) is 11.9 Å². The third-order valence-corrected chi connectivity index (χ3v) is 5.52. The maximum atomic E-state index is 12.7. The van der Waals surface area contributed by atoms with Crippen molar-refractivity contribution < 1.29 is 9.21 Å². The van der Waals surface area contributed by atoms with Gasteiger partial charge in [0.05, 0.1) is 12.3 Å². The molecule has 1 atom stereocenters. The standard InChI is InChI=1S/C21H26N2O2/c24-21(18-10-9-16-6-1-2-7-17(16)14-18)22-15-19(20-8-5-13-25-20)23-11-3-4-12-23/h5,8-10,13-14,19H,1-4,6-7,11-12,15H2,(H,22,24)/t19-/m1/s1. The van der Waals surface area contributed by atoms with Gasteiger partial charge >= 0.3 is 0 Å². The fourth-order valence-electron chi connectivity index (χ4n) is 4.11. The summed E-state index contributed by atoms with van der Waals surface area (Å²) in [5.74, 6) is 0.955. The predicted molar refractivity (Wildman–Crippen MR) is 97.7 cm³/mol. The van der Waals surface area contributed by atoms with Gasteiger partial charge in [-0.2, -0.15) is 0 Å². The van der Waals surface area contributed by atoms with E-state index in [9.17, 15) is 4.79 Å². The Morgan fingerprint density at radius 3 is 2.64 bits per heavy atom. The highest BCUT2D eigenvalue weighted by atomic mass is 16.3. The van der Waals surface area contributed by atoms with E-state index in [0.29, 0.717) is 6.54 Å². The summed E-state index contributed by atoms with van der Waals surface area (Å²) in [6.07, 6.45) is 8.88. The third-order valence-electron chi connectivity index (χ3n) is 5.52. The highest BCUT2D eigenvalue weighted by Crippen LogP contribution is 2.25. The van der Waals surface area contributed by atoms with Gasteiger partial charge in [0.15, 0.2) is 0 Å². The van der Waals surface area contributed by atoms with Crippen molar-refractivity contribution >= 4 is 5.91 Å². The number of carbonyl (C=O) groups is 1. The molecule has 0 saturated carbocycles. The van der Waals surface area contributed by atoms with E-state index < -0.39 is 0 Å². The lowest BCUT2D eigenvalue weighted by molar-refractivity contribution is 0.0933. The summed E-state index contributed by atoms with van der Waals surface area (Å²) in [6, 6.07) is 10.2. The number of fused-ring (bicyclic) bond motifs is 1. The molecule has 1 fully saturated rings. The van der Waals surface area contributed by atoms with Crippen LogP contribution in [-0.4, -0.2) is 30.4 Å². The zero-order valence-electron chi connectivity index (χ0n) is 14.7. The van der Waals surface area contributed by atoms with Crippen molar-refractivity contribution in [2.24, 2.45) is 0 Å². The van der Waals surface area contributed by atoms with Crippen LogP contribution in [0.2, 0.25) is 0 Å². The van der Waals surface area contributed by atoms with Gasteiger partial charge in [-0.3, -0.25) is 9.69 Å². The SMILES string of the molecule is O=C(NC[C@H](c1ccco1)N1CCCC1)c1ccc2c(c1)CCCC2. The van der Waals surface area contributed by atoms with Crippen LogP contribution < -0.4 is 5.32 Å². The lowest BCUT2D eigenvalue weighted by Gasteiger charge is -2.26. The second-order valence-corrected chi connectivity index (χ2v) is 7.17. The summed E-state index contributed by atoms with van der Waals surface area (Å²) in [7, 11) is 0. The summed E-state index contributed by atoms with van der Waals surface area (Å²) in [5.41, 5.74) is 3.54. The fourth-order valence-corrected chi connectivity index (χ4v) is 4.11. The lowest BCUT2D eigenvalue weighted by Crippen LogP contribution is -2.36. The first-order chi connectivity index (χ1) is 12.3. The molecular formula is C21H26N2O2. The van der Waals surface area contributed by atoms with Crippen LogP contribution in [0, 0.1) is 0 Å². The number of nitrogens with zero attached hydrogens (tertiary/aromatic N) is 1. The molecule has 1 aliphatic heterocycles. The van der Waals surface area contributed by atoms with Crippen molar-refractivity contribution in [1.82, 2.24) is 10.2 Å². The number of hydrogen-bond acceptors (Lipinski definition) is 3. The average molecular weight is 338 g/mol. The smallest absolute Gasteiger partial charge is 0.251 e. The maximum absolute atomic E-state index is 12.7. The molecule has 1 N–H and O–H groups in total. The topological polar surface area (TPSA) is 45.5 Å². The predicted octanol–water partition coefficient (Wildman–Crippen LogP) is 3.73. The van der Waals surface area contributed by atoms with Crippen molar-refractivity contribution in [2.75, 3.05) is 19.6 Å². The van der Waals surface area contributed by atoms with Crippen LogP contribution in [0.15, 0.2) is 41.0 Å². The van der Waals surface area contributed by atoms with Gasteiger partial charge in [-0.1, -0.05) is 6.07 Å². The molecule has 0 bridgehead atoms. The normalized spacial score (nSPS) is 18.7. The van der Waals surface area contributed by atoms with Crippen molar-refractivity contribution in [3.63, 3.8) is 0 Å². The van der Waals surface area contributed by atoms with Gasteiger partial charge in [0.25, 0.3) is 5.91 Å². The molecule has 4 nitrogen and oxygen atoms in total. The zero-order chi connectivity index (χ0) is 17.1. The van der Waals surface area contributed by atoms with Gasteiger partial charge in [0.1, 0.15) is 5.76 Å². The Balaban J connectivity index is 1.44. The Morgan fingerprint density at radius 1 is 1.08 bits per heavy atom. The van der Waals surface area contributed by atoms with Gasteiger partial charge in [0.2, 0.25) is 0 Å². The first-order valence-corrected chi connectivity index (χ1v) is 9.49. The van der Waals surface area contributed by atoms with E-state index in [4.69, 9.17) is 4.42 Å². The van der Waals surface area contributed by atoms with Crippen molar-refractivity contribution in [2.45, 2.75) is 44.6 Å². The summed E-state index contributed by atoms with van der Waals surface area (Å²) >= 11 is 0. The van der Waals surface area contributed by atoms with E-state index in [1.807, 2.05) is 18.2 Å². The number of likely N-dealkylation sites (tertiary alicyclic amines) is 1. The minimum absolute atomic E-state index is 0.0177. The van der Waals surface area contributed by atoms with E-state index >= 15 is 0 Å². The average Bonchev–Trinajstić information content (AvgIpc) is 3.36. The van der Waals surface area contributed by atoms with Crippen molar-refractivity contribution in [1.29, 1.82) is 0 Å². The minimum Gasteiger partial charge on any atom is -0.468 e. The molecule has 132 valence electrons. The Kier molecular flexibility index (Phi) is 4.88. The molecule has 2 aromatic rings. The molecule has 1 aliphatic carbocycles. The molecule has 1 aromatic heterocycles. The molecular weight excluding hydrogens is 312 g/mol. The first-order valence-electron chi connectivity index (χ1n) is 9.49. The van der Waals surface area contributed by atoms with Gasteiger partial charge in [0, 0.05) is 12.1 Å². The number of rotatable bonds is 5. The number of nitrogens with one attached hydrogen (secondary N) is 1. The van der Waals surface area contributed by atoms with Gasteiger partial charge in [-0.25, -0.2) is 0 Å². The number of benzene rings is 1. The Labute approximate surface area is 149 Å². The molecule has 4 rings (SSSR count). The molecule has 25 heavy (non-hydrogen) atoms. The second-order valence-electron chi connectivity index (χ2n) is 7.17. The van der Waals surface area contributed by atoms with Gasteiger partial charge in [-0.15, -0.1) is 0 Å². The Morgan fingerprint density at radius 2 is 1.88 bits per heavy atom. The molecule has 0 spiro atoms. The van der Waals surface area contributed by atoms with Crippen LogP contribution >= 0.6 is 0 Å². The molecule has 1 saturated heterocycles. The number of furan rings is 1. The molecule has 0 radical (unpaired) electrons. The number of carbonyl (C=O) groups excluding carboxylic acids is 1. The summed E-state index contributed by atoms with van der Waals surface area (Å²) < 4.78 is 5.63. The number of aryl methyl sites for hydroxylation is 2. The van der Waals surface area contributed by atoms with Crippen molar-refractivity contribution in [3.8, 4) is 0 Å². The zero-order valence-corrected chi connectivity index (χ0v) is 14.7. The third kappa shape index (κ3) is 3.64. The Bertz CT molecular complexity index is 718. The highest BCUT2D eigenvalue weighted by Gasteiger charge is 2.26. The fraction of sp³-hybridized carbons (Fsp3) is 0.476. The molecule has 1 amide bonds. The lowest BCUT2D eigenvalue weighted by atomic mass is 9.90. The van der Waals surface area contributed by atoms with Crippen LogP contribution in [0.5, 0.6) is 0 Å². The van der Waals surface area contributed by atoms with Gasteiger partial charge < -0.3 is 9.73 Å². The molecule has 0 unspecified atom stereocenters. The number of hydrogen-bond donors (Lipinski definition) is 1. The summed E-state index contributed by atoms with van der Waals surface area (Å²) in [5, 5.41) is 3.13. The largest absolute Gasteiger partial charge is 0.468 e. The number of amides is 1. The minimum atomic E-state index is 0.0177. The summed E-state index contributed by atoms with van der Waals surface area (Å²) in [6.45, 7) is 2.73. The molecule has 1 aromatic carbocycles. The van der Waals surface area contributed by atoms with E-state index in [2.05, 4.69) is 22.3 Å². The van der Waals surface area contributed by atoms with Crippen LogP contribution in [0.4, 0.5) is 0 Å². The van der Waals surface area contributed by atoms with Crippen LogP contribution in [0.25, 0.3) is 0 Å². The molecule has 2 aliphatic rings. The maximum Gasteiger partial charge on any atom is 0.251 e. The van der Waals surface area contributed by atoms with Crippen LogP contribution in [0.3, 0.4) is 0 Å². The van der Waals surface area contributed by atoms with E-state index in [1.54, 1.807) is 6.26 Å². The Hall–Kier alpha value is -2.07. The molecule has 2 heterocycles. The first kappa shape index (κ1) is 16.4. The highest BCUT2D eigenvalue weighted by molar-refractivity contribution is 5.94.